The van der Waals surface area contributed by atoms with E-state index < -0.39 is 10.0 Å². The first-order valence-corrected chi connectivity index (χ1v) is 9.19. The van der Waals surface area contributed by atoms with Crippen LogP contribution in [0.25, 0.3) is 0 Å². The first-order valence-electron chi connectivity index (χ1n) is 7.38. The summed E-state index contributed by atoms with van der Waals surface area (Å²) in [4.78, 5) is 0.324. The van der Waals surface area contributed by atoms with E-state index in [0.29, 0.717) is 16.5 Å². The lowest BCUT2D eigenvalue weighted by Gasteiger charge is -2.30. The monoisotopic (exact) mass is 330 g/mol. The van der Waals surface area contributed by atoms with Crippen LogP contribution in [-0.2, 0) is 16.6 Å². The van der Waals surface area contributed by atoms with Crippen LogP contribution in [0.15, 0.2) is 23.1 Å². The quantitative estimate of drug-likeness (QED) is 0.902. The second kappa shape index (κ2) is 7.09. The Balaban J connectivity index is 2.27. The van der Waals surface area contributed by atoms with Gasteiger partial charge in [-0.25, -0.2) is 8.42 Å². The Morgan fingerprint density at radius 2 is 1.95 bits per heavy atom. The van der Waals surface area contributed by atoms with Crippen LogP contribution in [0.3, 0.4) is 0 Å². The van der Waals surface area contributed by atoms with Crippen molar-refractivity contribution in [1.29, 1.82) is 0 Å². The summed E-state index contributed by atoms with van der Waals surface area (Å²) >= 11 is 6.10. The number of rotatable bonds is 5. The molecule has 0 aliphatic heterocycles. The average Bonchev–Trinajstić information content (AvgIpc) is 2.49. The maximum Gasteiger partial charge on any atom is 0.243 e. The van der Waals surface area contributed by atoms with Crippen molar-refractivity contribution < 1.29 is 8.42 Å². The number of halogens is 1. The Bertz CT molecular complexity index is 583. The van der Waals surface area contributed by atoms with Crippen molar-refractivity contribution in [3.8, 4) is 0 Å². The summed E-state index contributed by atoms with van der Waals surface area (Å²) in [6.45, 7) is 0.551. The highest BCUT2D eigenvalue weighted by molar-refractivity contribution is 7.89. The van der Waals surface area contributed by atoms with Gasteiger partial charge in [0, 0.05) is 24.7 Å². The number of nitrogens with zero attached hydrogens (tertiary/aromatic N) is 1. The van der Waals surface area contributed by atoms with E-state index in [1.807, 2.05) is 7.05 Å². The van der Waals surface area contributed by atoms with Gasteiger partial charge in [0.1, 0.15) is 0 Å². The Hall–Kier alpha value is -0.620. The van der Waals surface area contributed by atoms with E-state index in [4.69, 9.17) is 11.6 Å². The van der Waals surface area contributed by atoms with Crippen molar-refractivity contribution in [2.24, 2.45) is 0 Å². The molecule has 2 rings (SSSR count). The lowest BCUT2D eigenvalue weighted by molar-refractivity contribution is 0.286. The highest BCUT2D eigenvalue weighted by atomic mass is 35.5. The summed E-state index contributed by atoms with van der Waals surface area (Å²) in [6, 6.07) is 5.05. The van der Waals surface area contributed by atoms with Gasteiger partial charge in [-0.2, -0.15) is 4.31 Å². The van der Waals surface area contributed by atoms with E-state index in [0.717, 1.165) is 31.2 Å². The molecule has 21 heavy (non-hydrogen) atoms. The van der Waals surface area contributed by atoms with Gasteiger partial charge < -0.3 is 5.32 Å². The third-order valence-corrected chi connectivity index (χ3v) is 6.43. The minimum Gasteiger partial charge on any atom is -0.316 e. The van der Waals surface area contributed by atoms with E-state index in [2.05, 4.69) is 5.32 Å². The number of nitrogens with one attached hydrogen (secondary N) is 1. The SMILES string of the molecule is CNCc1cc(S(=O)(=O)N(C)C2CCCCC2)ccc1Cl. The summed E-state index contributed by atoms with van der Waals surface area (Å²) < 4.78 is 27.1. The first kappa shape index (κ1) is 16.7. The second-order valence-corrected chi connectivity index (χ2v) is 8.00. The molecule has 1 aliphatic carbocycles. The average molecular weight is 331 g/mol. The predicted molar refractivity (Wildman–Crippen MR) is 86.0 cm³/mol. The van der Waals surface area contributed by atoms with Gasteiger partial charge in [-0.1, -0.05) is 30.9 Å². The van der Waals surface area contributed by atoms with Crippen molar-refractivity contribution in [3.63, 3.8) is 0 Å². The molecule has 0 saturated heterocycles. The zero-order valence-corrected chi connectivity index (χ0v) is 14.2. The van der Waals surface area contributed by atoms with E-state index in [1.54, 1.807) is 29.6 Å². The number of sulfonamides is 1. The molecular formula is C15H23ClN2O2S. The van der Waals surface area contributed by atoms with Gasteiger partial charge in [0.25, 0.3) is 0 Å². The molecule has 1 saturated carbocycles. The fraction of sp³-hybridized carbons (Fsp3) is 0.600. The van der Waals surface area contributed by atoms with E-state index in [1.165, 1.54) is 6.42 Å². The van der Waals surface area contributed by atoms with E-state index in [-0.39, 0.29) is 6.04 Å². The number of hydrogen-bond acceptors (Lipinski definition) is 3. The molecule has 0 spiro atoms. The van der Waals surface area contributed by atoms with Gasteiger partial charge in [-0.3, -0.25) is 0 Å². The van der Waals surface area contributed by atoms with Gasteiger partial charge in [-0.15, -0.1) is 0 Å². The van der Waals surface area contributed by atoms with Crippen molar-refractivity contribution in [1.82, 2.24) is 9.62 Å². The molecule has 0 aromatic heterocycles. The minimum atomic E-state index is -3.45. The summed E-state index contributed by atoms with van der Waals surface area (Å²) in [7, 11) is 0.0540. The lowest BCUT2D eigenvalue weighted by Crippen LogP contribution is -2.38. The van der Waals surface area contributed by atoms with Crippen LogP contribution in [0, 0.1) is 0 Å². The molecule has 1 aromatic rings. The fourth-order valence-corrected chi connectivity index (χ4v) is 4.50. The number of benzene rings is 1. The summed E-state index contributed by atoms with van der Waals surface area (Å²) in [6.07, 6.45) is 5.32. The highest BCUT2D eigenvalue weighted by Gasteiger charge is 2.29. The van der Waals surface area contributed by atoms with Gasteiger partial charge in [0.05, 0.1) is 4.90 Å². The molecule has 118 valence electrons. The maximum atomic E-state index is 12.8. The Labute approximate surface area is 132 Å². The van der Waals surface area contributed by atoms with Crippen LogP contribution in [0.4, 0.5) is 0 Å². The van der Waals surface area contributed by atoms with Crippen molar-refractivity contribution in [2.45, 2.75) is 49.6 Å². The summed E-state index contributed by atoms with van der Waals surface area (Å²) in [5.74, 6) is 0. The minimum absolute atomic E-state index is 0.118. The van der Waals surface area contributed by atoms with Crippen LogP contribution >= 0.6 is 11.6 Å². The maximum absolute atomic E-state index is 12.8. The van der Waals surface area contributed by atoms with Crippen LogP contribution in [0.5, 0.6) is 0 Å². The standard InChI is InChI=1S/C15H23ClN2O2S/c1-17-11-12-10-14(8-9-15(12)16)21(19,20)18(2)13-6-4-3-5-7-13/h8-10,13,17H,3-7,11H2,1-2H3. The highest BCUT2D eigenvalue weighted by Crippen LogP contribution is 2.28. The zero-order chi connectivity index (χ0) is 15.5. The lowest BCUT2D eigenvalue weighted by atomic mass is 9.96. The Morgan fingerprint density at radius 3 is 2.57 bits per heavy atom. The first-order chi connectivity index (χ1) is 9.96. The topological polar surface area (TPSA) is 49.4 Å². The molecule has 0 amide bonds. The normalized spacial score (nSPS) is 17.3. The molecule has 0 heterocycles. The van der Waals surface area contributed by atoms with Crippen LogP contribution in [-0.4, -0.2) is 32.9 Å². The molecule has 0 unspecified atom stereocenters. The number of hydrogen-bond donors (Lipinski definition) is 1. The van der Waals surface area contributed by atoms with Crippen molar-refractivity contribution in [3.05, 3.63) is 28.8 Å². The molecule has 0 radical (unpaired) electrons. The van der Waals surface area contributed by atoms with Gasteiger partial charge in [0.2, 0.25) is 10.0 Å². The summed E-state index contributed by atoms with van der Waals surface area (Å²) in [5, 5.41) is 3.59. The molecule has 1 aromatic carbocycles. The third-order valence-electron chi connectivity index (χ3n) is 4.15. The molecule has 4 nitrogen and oxygen atoms in total. The molecular weight excluding hydrogens is 308 g/mol. The van der Waals surface area contributed by atoms with Crippen molar-refractivity contribution in [2.75, 3.05) is 14.1 Å². The molecule has 1 N–H and O–H groups in total. The second-order valence-electron chi connectivity index (χ2n) is 5.60. The smallest absolute Gasteiger partial charge is 0.243 e. The van der Waals surface area contributed by atoms with Gasteiger partial charge in [0.15, 0.2) is 0 Å². The van der Waals surface area contributed by atoms with E-state index in [9.17, 15) is 8.42 Å². The molecule has 1 fully saturated rings. The molecule has 0 bridgehead atoms. The Morgan fingerprint density at radius 1 is 1.29 bits per heavy atom. The van der Waals surface area contributed by atoms with E-state index >= 15 is 0 Å². The van der Waals surface area contributed by atoms with Crippen LogP contribution in [0.1, 0.15) is 37.7 Å². The fourth-order valence-electron chi connectivity index (χ4n) is 2.84. The van der Waals surface area contributed by atoms with Crippen molar-refractivity contribution >= 4 is 21.6 Å². The van der Waals surface area contributed by atoms with Gasteiger partial charge in [-0.05, 0) is 43.7 Å². The zero-order valence-electron chi connectivity index (χ0n) is 12.6. The Kier molecular flexibility index (Phi) is 5.66. The predicted octanol–water partition coefficient (Wildman–Crippen LogP) is 3.01. The molecule has 1 aliphatic rings. The molecule has 0 atom stereocenters. The van der Waals surface area contributed by atoms with Gasteiger partial charge >= 0.3 is 0 Å². The van der Waals surface area contributed by atoms with Crippen LogP contribution < -0.4 is 5.32 Å². The molecule has 6 heteroatoms. The van der Waals surface area contributed by atoms with Crippen LogP contribution in [0.2, 0.25) is 5.02 Å². The third kappa shape index (κ3) is 3.77. The summed E-state index contributed by atoms with van der Waals surface area (Å²) in [5.41, 5.74) is 0.803. The largest absolute Gasteiger partial charge is 0.316 e.